The molecule has 0 radical (unpaired) electrons. The monoisotopic (exact) mass is 501 g/mol. The molecule has 2 heterocycles. The third-order valence-corrected chi connectivity index (χ3v) is 7.66. The molecular formula is C25H26Cl2FN5O. The van der Waals surface area contributed by atoms with Crippen LogP contribution in [0.3, 0.4) is 0 Å². The smallest absolute Gasteiger partial charge is 0.242 e. The number of fused-ring (bicyclic) bond motifs is 1. The highest BCUT2D eigenvalue weighted by molar-refractivity contribution is 6.35. The lowest BCUT2D eigenvalue weighted by Crippen LogP contribution is -2.54. The number of aromatic nitrogens is 3. The fraction of sp³-hybridized carbons (Fsp3) is 0.400. The van der Waals surface area contributed by atoms with Gasteiger partial charge in [0.1, 0.15) is 5.52 Å². The minimum absolute atomic E-state index is 0.0258. The summed E-state index contributed by atoms with van der Waals surface area (Å²) in [7, 11) is 0. The molecule has 1 aliphatic heterocycles. The first-order valence-electron chi connectivity index (χ1n) is 11.5. The molecule has 9 heteroatoms. The molecule has 2 aliphatic rings. The van der Waals surface area contributed by atoms with Crippen LogP contribution in [0.2, 0.25) is 10.0 Å². The van der Waals surface area contributed by atoms with Crippen molar-refractivity contribution in [1.82, 2.24) is 19.9 Å². The second-order valence-corrected chi connectivity index (χ2v) is 10.1. The summed E-state index contributed by atoms with van der Waals surface area (Å²) in [5.74, 6) is -0.405. The van der Waals surface area contributed by atoms with Gasteiger partial charge >= 0.3 is 0 Å². The van der Waals surface area contributed by atoms with Crippen molar-refractivity contribution in [1.29, 1.82) is 0 Å². The first-order valence-corrected chi connectivity index (χ1v) is 12.3. The first-order chi connectivity index (χ1) is 16.3. The Hall–Kier alpha value is -2.48. The number of benzene rings is 2. The van der Waals surface area contributed by atoms with Gasteiger partial charge in [0.15, 0.2) is 5.82 Å². The third-order valence-electron chi connectivity index (χ3n) is 7.10. The summed E-state index contributed by atoms with van der Waals surface area (Å²) in [5.41, 5.74) is 9.00. The van der Waals surface area contributed by atoms with Crippen LogP contribution in [0.15, 0.2) is 36.4 Å². The lowest BCUT2D eigenvalue weighted by molar-refractivity contribution is -0.136. The Balaban J connectivity index is 1.44. The van der Waals surface area contributed by atoms with Gasteiger partial charge in [0.05, 0.1) is 17.1 Å². The maximum atomic E-state index is 15.0. The maximum Gasteiger partial charge on any atom is 0.242 e. The summed E-state index contributed by atoms with van der Waals surface area (Å²) in [6.45, 7) is 2.97. The number of hydrogen-bond acceptors (Lipinski definition) is 4. The lowest BCUT2D eigenvalue weighted by Gasteiger charge is -2.33. The molecule has 1 fully saturated rings. The molecule has 1 saturated carbocycles. The van der Waals surface area contributed by atoms with Crippen molar-refractivity contribution in [3.05, 3.63) is 63.4 Å². The topological polar surface area (TPSA) is 77.0 Å². The van der Waals surface area contributed by atoms with Crippen molar-refractivity contribution in [2.45, 2.75) is 50.6 Å². The number of nitrogens with two attached hydrogens (primary N) is 1. The van der Waals surface area contributed by atoms with Crippen LogP contribution in [0.4, 0.5) is 4.39 Å². The minimum atomic E-state index is -0.729. The average Bonchev–Trinajstić information content (AvgIpc) is 3.46. The van der Waals surface area contributed by atoms with E-state index >= 15 is 4.39 Å². The molecule has 0 bridgehead atoms. The van der Waals surface area contributed by atoms with E-state index in [-0.39, 0.29) is 17.5 Å². The normalized spacial score (nSPS) is 18.9. The van der Waals surface area contributed by atoms with Crippen LogP contribution in [-0.4, -0.2) is 44.4 Å². The Morgan fingerprint density at radius 1 is 1.21 bits per heavy atom. The van der Waals surface area contributed by atoms with Crippen LogP contribution >= 0.6 is 23.2 Å². The number of amides is 1. The van der Waals surface area contributed by atoms with E-state index in [0.29, 0.717) is 35.1 Å². The fourth-order valence-corrected chi connectivity index (χ4v) is 5.66. The van der Waals surface area contributed by atoms with Gasteiger partial charge in [-0.25, -0.2) is 9.07 Å². The summed E-state index contributed by atoms with van der Waals surface area (Å²) in [5, 5.41) is 9.34. The molecule has 3 aromatic rings. The van der Waals surface area contributed by atoms with Crippen LogP contribution < -0.4 is 5.73 Å². The van der Waals surface area contributed by atoms with Gasteiger partial charge in [0, 0.05) is 23.1 Å². The lowest BCUT2D eigenvalue weighted by atomic mass is 9.94. The summed E-state index contributed by atoms with van der Waals surface area (Å²) in [6.07, 6.45) is 6.11. The number of hydrogen-bond donors (Lipinski definition) is 1. The van der Waals surface area contributed by atoms with Crippen LogP contribution in [0, 0.1) is 5.82 Å². The van der Waals surface area contributed by atoms with Gasteiger partial charge in [-0.1, -0.05) is 53.4 Å². The van der Waals surface area contributed by atoms with E-state index in [0.717, 1.165) is 42.4 Å². The zero-order valence-corrected chi connectivity index (χ0v) is 20.4. The Morgan fingerprint density at radius 3 is 2.65 bits per heavy atom. The Kier molecular flexibility index (Phi) is 6.12. The van der Waals surface area contributed by atoms with Crippen molar-refractivity contribution in [3.63, 3.8) is 0 Å². The molecule has 0 saturated heterocycles. The summed E-state index contributed by atoms with van der Waals surface area (Å²) >= 11 is 12.4. The Morgan fingerprint density at radius 2 is 1.97 bits per heavy atom. The molecule has 34 heavy (non-hydrogen) atoms. The fourth-order valence-electron chi connectivity index (χ4n) is 5.09. The Labute approximate surface area is 207 Å². The third kappa shape index (κ3) is 4.10. The highest BCUT2D eigenvalue weighted by Gasteiger charge is 2.40. The van der Waals surface area contributed by atoms with Crippen molar-refractivity contribution < 1.29 is 9.18 Å². The van der Waals surface area contributed by atoms with Crippen molar-refractivity contribution in [3.8, 4) is 0 Å². The Bertz CT molecular complexity index is 1300. The summed E-state index contributed by atoms with van der Waals surface area (Å²) in [6, 6.07) is 8.41. The van der Waals surface area contributed by atoms with Crippen molar-refractivity contribution >= 4 is 45.7 Å². The van der Waals surface area contributed by atoms with Gasteiger partial charge in [0.2, 0.25) is 5.91 Å². The second-order valence-electron chi connectivity index (χ2n) is 9.30. The van der Waals surface area contributed by atoms with Gasteiger partial charge in [-0.15, -0.1) is 5.10 Å². The van der Waals surface area contributed by atoms with Crippen LogP contribution in [0.1, 0.15) is 56.2 Å². The molecule has 1 atom stereocenters. The average molecular weight is 502 g/mol. The van der Waals surface area contributed by atoms with E-state index in [2.05, 4.69) is 10.3 Å². The zero-order valence-electron chi connectivity index (χ0n) is 18.9. The molecule has 0 spiro atoms. The molecule has 0 unspecified atom stereocenters. The maximum absolute atomic E-state index is 15.0. The van der Waals surface area contributed by atoms with E-state index in [1.54, 1.807) is 16.8 Å². The van der Waals surface area contributed by atoms with E-state index < -0.39 is 11.4 Å². The van der Waals surface area contributed by atoms with E-state index in [4.69, 9.17) is 28.9 Å². The summed E-state index contributed by atoms with van der Waals surface area (Å²) in [4.78, 5) is 14.8. The standard InChI is InChI=1S/C25H26Cl2FN5O/c1-15(19-5-4-18(26)14-20(19)27)33-22-13-17(12-21(28)23(22)30-31-33)16-6-10-32(11-7-16)24(34)25(29)8-2-3-9-25/h4-6,12-15H,2-3,7-11,29H2,1H3/t15-/m1/s1. The molecule has 5 rings (SSSR count). The summed E-state index contributed by atoms with van der Waals surface area (Å²) < 4.78 is 16.7. The van der Waals surface area contributed by atoms with E-state index in [1.165, 1.54) is 6.07 Å². The number of halogens is 3. The second kappa shape index (κ2) is 8.95. The number of carbonyl (C=O) groups is 1. The molecule has 1 aliphatic carbocycles. The van der Waals surface area contributed by atoms with Crippen LogP contribution in [0.5, 0.6) is 0 Å². The zero-order chi connectivity index (χ0) is 24.0. The van der Waals surface area contributed by atoms with Crippen LogP contribution in [0.25, 0.3) is 16.6 Å². The largest absolute Gasteiger partial charge is 0.337 e. The van der Waals surface area contributed by atoms with Gasteiger partial charge in [-0.05, 0) is 67.2 Å². The molecule has 1 aromatic heterocycles. The first kappa shape index (κ1) is 23.3. The number of carbonyl (C=O) groups excluding carboxylic acids is 1. The van der Waals surface area contributed by atoms with Crippen LogP contribution in [-0.2, 0) is 4.79 Å². The molecule has 6 nitrogen and oxygen atoms in total. The van der Waals surface area contributed by atoms with E-state index in [1.807, 2.05) is 30.0 Å². The van der Waals surface area contributed by atoms with Gasteiger partial charge in [-0.2, -0.15) is 0 Å². The van der Waals surface area contributed by atoms with Gasteiger partial charge in [0.25, 0.3) is 0 Å². The van der Waals surface area contributed by atoms with Crippen molar-refractivity contribution in [2.75, 3.05) is 13.1 Å². The van der Waals surface area contributed by atoms with E-state index in [9.17, 15) is 4.79 Å². The number of nitrogens with zero attached hydrogens (tertiary/aromatic N) is 4. The van der Waals surface area contributed by atoms with Gasteiger partial charge < -0.3 is 10.6 Å². The molecule has 2 N–H and O–H groups in total. The molecule has 2 aromatic carbocycles. The predicted octanol–water partition coefficient (Wildman–Crippen LogP) is 5.37. The molecular weight excluding hydrogens is 476 g/mol. The molecule has 178 valence electrons. The minimum Gasteiger partial charge on any atom is -0.337 e. The predicted molar refractivity (Wildman–Crippen MR) is 132 cm³/mol. The molecule has 1 amide bonds. The van der Waals surface area contributed by atoms with Gasteiger partial charge in [-0.3, -0.25) is 4.79 Å². The number of rotatable bonds is 4. The highest BCUT2D eigenvalue weighted by Crippen LogP contribution is 2.34. The van der Waals surface area contributed by atoms with Crippen molar-refractivity contribution in [2.24, 2.45) is 5.73 Å². The SMILES string of the molecule is C[C@H](c1ccc(Cl)cc1Cl)n1nnc2c(F)cc(C3=CCN(C(=O)C4(N)CCCC4)CC3)cc21. The quantitative estimate of drug-likeness (QED) is 0.520. The highest BCUT2D eigenvalue weighted by atomic mass is 35.5.